The maximum atomic E-state index is 13.7. The van der Waals surface area contributed by atoms with E-state index in [2.05, 4.69) is 20.6 Å². The monoisotopic (exact) mass is 374 g/mol. The highest BCUT2D eigenvalue weighted by Crippen LogP contribution is 2.29. The third kappa shape index (κ3) is 6.20. The highest BCUT2D eigenvalue weighted by atomic mass is 19.1. The van der Waals surface area contributed by atoms with Gasteiger partial charge in [0.05, 0.1) is 13.2 Å². The van der Waals surface area contributed by atoms with E-state index in [1.165, 1.54) is 18.9 Å². The van der Waals surface area contributed by atoms with Crippen molar-refractivity contribution in [2.24, 2.45) is 10.9 Å². The molecule has 1 aromatic heterocycles. The van der Waals surface area contributed by atoms with Crippen LogP contribution in [0.5, 0.6) is 5.88 Å². The van der Waals surface area contributed by atoms with Crippen molar-refractivity contribution in [1.29, 1.82) is 0 Å². The van der Waals surface area contributed by atoms with Crippen molar-refractivity contribution in [3.8, 4) is 5.88 Å². The number of aromatic nitrogens is 1. The second-order valence-corrected chi connectivity index (χ2v) is 6.54. The van der Waals surface area contributed by atoms with Gasteiger partial charge in [-0.3, -0.25) is 0 Å². The van der Waals surface area contributed by atoms with Gasteiger partial charge in [0, 0.05) is 30.9 Å². The van der Waals surface area contributed by atoms with Gasteiger partial charge in [-0.2, -0.15) is 0 Å². The van der Waals surface area contributed by atoms with Gasteiger partial charge in [-0.1, -0.05) is 0 Å². The zero-order valence-electron chi connectivity index (χ0n) is 15.3. The summed E-state index contributed by atoms with van der Waals surface area (Å²) >= 11 is 0. The molecule has 0 aliphatic heterocycles. The van der Waals surface area contributed by atoms with Crippen LogP contribution in [0.3, 0.4) is 0 Å². The van der Waals surface area contributed by atoms with Gasteiger partial charge < -0.3 is 15.4 Å². The summed E-state index contributed by atoms with van der Waals surface area (Å²) in [6.45, 7) is 3.87. The predicted octanol–water partition coefficient (Wildman–Crippen LogP) is 3.40. The number of pyridine rings is 1. The zero-order valence-corrected chi connectivity index (χ0v) is 15.3. The molecule has 1 aliphatic carbocycles. The molecular weight excluding hydrogens is 350 g/mol. The Morgan fingerprint density at radius 2 is 2.07 bits per heavy atom. The minimum atomic E-state index is -0.467. The first-order valence-electron chi connectivity index (χ1n) is 9.18. The molecule has 0 radical (unpaired) electrons. The average Bonchev–Trinajstić information content (AvgIpc) is 3.50. The lowest BCUT2D eigenvalue weighted by atomic mass is 10.2. The van der Waals surface area contributed by atoms with Gasteiger partial charge in [0.1, 0.15) is 11.6 Å². The van der Waals surface area contributed by atoms with Crippen molar-refractivity contribution < 1.29 is 13.5 Å². The fourth-order valence-electron chi connectivity index (χ4n) is 2.49. The second-order valence-electron chi connectivity index (χ2n) is 6.54. The van der Waals surface area contributed by atoms with E-state index < -0.39 is 11.6 Å². The first-order chi connectivity index (χ1) is 13.1. The van der Waals surface area contributed by atoms with Crippen LogP contribution in [0.25, 0.3) is 0 Å². The van der Waals surface area contributed by atoms with Crippen LogP contribution < -0.4 is 15.4 Å². The van der Waals surface area contributed by atoms with Crippen molar-refractivity contribution in [3.05, 3.63) is 59.3 Å². The topological polar surface area (TPSA) is 58.5 Å². The number of nitrogens with one attached hydrogen (secondary N) is 2. The standard InChI is InChI=1S/C20H24F2N4O/c1-2-23-20(26-12-16-10-17(21)5-6-18(16)22)25-11-15-7-8-24-19(9-15)27-13-14-3-4-14/h5-10,14H,2-4,11-13H2,1H3,(H2,23,25,26). The van der Waals surface area contributed by atoms with Crippen LogP contribution in [0.1, 0.15) is 30.9 Å². The predicted molar refractivity (Wildman–Crippen MR) is 100 cm³/mol. The molecule has 1 aromatic carbocycles. The molecule has 0 bridgehead atoms. The third-order valence-corrected chi connectivity index (χ3v) is 4.18. The van der Waals surface area contributed by atoms with Crippen LogP contribution in [0.4, 0.5) is 8.78 Å². The molecule has 3 rings (SSSR count). The fourth-order valence-corrected chi connectivity index (χ4v) is 2.49. The summed E-state index contributed by atoms with van der Waals surface area (Å²) < 4.78 is 32.7. The molecule has 1 heterocycles. The maximum absolute atomic E-state index is 13.7. The highest BCUT2D eigenvalue weighted by Gasteiger charge is 2.22. The molecule has 0 amide bonds. The second kappa shape index (κ2) is 9.30. The third-order valence-electron chi connectivity index (χ3n) is 4.18. The van der Waals surface area contributed by atoms with Crippen LogP contribution in [-0.2, 0) is 13.1 Å². The molecule has 144 valence electrons. The summed E-state index contributed by atoms with van der Waals surface area (Å²) in [5.74, 6) is 0.881. The molecule has 1 aliphatic rings. The summed E-state index contributed by atoms with van der Waals surface area (Å²) in [6, 6.07) is 7.16. The van der Waals surface area contributed by atoms with E-state index in [0.29, 0.717) is 37.5 Å². The van der Waals surface area contributed by atoms with Crippen LogP contribution >= 0.6 is 0 Å². The van der Waals surface area contributed by atoms with Gasteiger partial charge in [0.2, 0.25) is 5.88 Å². The summed E-state index contributed by atoms with van der Waals surface area (Å²) in [4.78, 5) is 8.71. The minimum Gasteiger partial charge on any atom is -0.477 e. The summed E-state index contributed by atoms with van der Waals surface area (Å²) in [6.07, 6.45) is 4.16. The Morgan fingerprint density at radius 3 is 2.85 bits per heavy atom. The molecule has 0 spiro atoms. The van der Waals surface area contributed by atoms with Crippen LogP contribution in [0, 0.1) is 17.6 Å². The Kier molecular flexibility index (Phi) is 6.57. The molecule has 1 saturated carbocycles. The SMILES string of the molecule is CCNC(=NCc1ccnc(OCC2CC2)c1)NCc1cc(F)ccc1F. The molecule has 5 nitrogen and oxygen atoms in total. The smallest absolute Gasteiger partial charge is 0.213 e. The van der Waals surface area contributed by atoms with Crippen molar-refractivity contribution in [3.63, 3.8) is 0 Å². The molecule has 0 atom stereocenters. The number of ether oxygens (including phenoxy) is 1. The molecule has 7 heteroatoms. The fraction of sp³-hybridized carbons (Fsp3) is 0.400. The molecule has 0 unspecified atom stereocenters. The maximum Gasteiger partial charge on any atom is 0.213 e. The van der Waals surface area contributed by atoms with Gasteiger partial charge >= 0.3 is 0 Å². The first-order valence-corrected chi connectivity index (χ1v) is 9.18. The largest absolute Gasteiger partial charge is 0.477 e. The lowest BCUT2D eigenvalue weighted by Crippen LogP contribution is -2.37. The Labute approximate surface area is 157 Å². The van der Waals surface area contributed by atoms with E-state index in [9.17, 15) is 8.78 Å². The van der Waals surface area contributed by atoms with Crippen molar-refractivity contribution in [2.75, 3.05) is 13.2 Å². The van der Waals surface area contributed by atoms with Crippen LogP contribution in [-0.4, -0.2) is 24.1 Å². The van der Waals surface area contributed by atoms with Gasteiger partial charge in [0.15, 0.2) is 5.96 Å². The lowest BCUT2D eigenvalue weighted by Gasteiger charge is -2.12. The quantitative estimate of drug-likeness (QED) is 0.549. The Hall–Kier alpha value is -2.70. The van der Waals surface area contributed by atoms with Gasteiger partial charge in [0.25, 0.3) is 0 Å². The van der Waals surface area contributed by atoms with Crippen molar-refractivity contribution in [1.82, 2.24) is 15.6 Å². The summed E-state index contributed by atoms with van der Waals surface area (Å²) in [7, 11) is 0. The lowest BCUT2D eigenvalue weighted by molar-refractivity contribution is 0.288. The van der Waals surface area contributed by atoms with E-state index >= 15 is 0 Å². The van der Waals surface area contributed by atoms with E-state index in [-0.39, 0.29) is 12.1 Å². The number of nitrogens with zero attached hydrogens (tertiary/aromatic N) is 2. The minimum absolute atomic E-state index is 0.140. The number of rotatable bonds is 8. The van der Waals surface area contributed by atoms with Gasteiger partial charge in [-0.05, 0) is 55.5 Å². The number of guanidine groups is 1. The van der Waals surface area contributed by atoms with Gasteiger partial charge in [-0.25, -0.2) is 18.8 Å². The van der Waals surface area contributed by atoms with Crippen molar-refractivity contribution >= 4 is 5.96 Å². The van der Waals surface area contributed by atoms with E-state index in [1.807, 2.05) is 19.1 Å². The number of hydrogen-bond acceptors (Lipinski definition) is 3. The van der Waals surface area contributed by atoms with Crippen LogP contribution in [0.2, 0.25) is 0 Å². The summed E-state index contributed by atoms with van der Waals surface area (Å²) in [5.41, 5.74) is 1.21. The Balaban J connectivity index is 1.59. The van der Waals surface area contributed by atoms with Crippen LogP contribution in [0.15, 0.2) is 41.5 Å². The number of halogens is 2. The number of aliphatic imine (C=N–C) groups is 1. The van der Waals surface area contributed by atoms with Gasteiger partial charge in [-0.15, -0.1) is 0 Å². The first kappa shape index (κ1) is 19.1. The van der Waals surface area contributed by atoms with Crippen molar-refractivity contribution in [2.45, 2.75) is 32.9 Å². The molecular formula is C20H24F2N4O. The Bertz CT molecular complexity index is 793. The number of hydrogen-bond donors (Lipinski definition) is 2. The summed E-state index contributed by atoms with van der Waals surface area (Å²) in [5, 5.41) is 6.12. The Morgan fingerprint density at radius 1 is 1.22 bits per heavy atom. The zero-order chi connectivity index (χ0) is 19.1. The average molecular weight is 374 g/mol. The van der Waals surface area contributed by atoms with E-state index in [1.54, 1.807) is 6.20 Å². The van der Waals surface area contributed by atoms with E-state index in [0.717, 1.165) is 17.7 Å². The normalized spacial score (nSPS) is 14.1. The molecule has 1 fully saturated rings. The highest BCUT2D eigenvalue weighted by molar-refractivity contribution is 5.79. The van der Waals surface area contributed by atoms with E-state index in [4.69, 9.17) is 4.74 Å². The number of benzene rings is 1. The molecule has 27 heavy (non-hydrogen) atoms. The molecule has 2 aromatic rings. The molecule has 0 saturated heterocycles. The molecule has 2 N–H and O–H groups in total.